The van der Waals surface area contributed by atoms with Crippen molar-refractivity contribution in [1.29, 1.82) is 0 Å². The lowest BCUT2D eigenvalue weighted by Gasteiger charge is -2.49. The minimum Gasteiger partial charge on any atom is -0.281 e. The zero-order chi connectivity index (χ0) is 13.0. The maximum Gasteiger partial charge on any atom is 0.0661 e. The molecule has 0 saturated heterocycles. The molecule has 0 unspecified atom stereocenters. The van der Waals surface area contributed by atoms with Gasteiger partial charge in [-0.1, -0.05) is 50.2 Å². The van der Waals surface area contributed by atoms with Crippen molar-refractivity contribution in [3.05, 3.63) is 48.0 Å². The molecule has 1 heterocycles. The van der Waals surface area contributed by atoms with Crippen molar-refractivity contribution in [2.75, 3.05) is 0 Å². The topological polar surface area (TPSA) is 12.4 Å². The summed E-state index contributed by atoms with van der Waals surface area (Å²) in [5, 5.41) is 2.58. The molecule has 0 fully saturated rings. The summed E-state index contributed by atoms with van der Waals surface area (Å²) in [7, 11) is 0. The van der Waals surface area contributed by atoms with Crippen molar-refractivity contribution >= 4 is 16.5 Å². The number of benzene rings is 2. The number of hydrogen-bond acceptors (Lipinski definition) is 1. The molecule has 0 bridgehead atoms. The van der Waals surface area contributed by atoms with E-state index in [-0.39, 0.29) is 11.0 Å². The number of rotatable bonds is 1. The Kier molecular flexibility index (Phi) is 2.19. The van der Waals surface area contributed by atoms with Crippen LogP contribution in [-0.4, -0.2) is 11.3 Å². The van der Waals surface area contributed by atoms with E-state index in [1.807, 2.05) is 0 Å². The molecule has 0 aromatic heterocycles. The van der Waals surface area contributed by atoms with Crippen LogP contribution in [0.3, 0.4) is 0 Å². The van der Waals surface area contributed by atoms with E-state index in [9.17, 15) is 0 Å². The van der Waals surface area contributed by atoms with Gasteiger partial charge in [-0.25, -0.2) is 0 Å². The summed E-state index contributed by atoms with van der Waals surface area (Å²) in [5.41, 5.74) is 2.69. The predicted molar refractivity (Wildman–Crippen MR) is 78.3 cm³/mol. The number of fused-ring (bicyclic) bond motifs is 1. The third kappa shape index (κ3) is 1.43. The minimum absolute atomic E-state index is 0.0496. The molecule has 3 rings (SSSR count). The number of hydrogen-bond donors (Lipinski definition) is 0. The van der Waals surface area contributed by atoms with Crippen molar-refractivity contribution < 1.29 is 0 Å². The smallest absolute Gasteiger partial charge is 0.0661 e. The van der Waals surface area contributed by atoms with E-state index in [2.05, 4.69) is 70.2 Å². The lowest BCUT2D eigenvalue weighted by molar-refractivity contribution is 0.254. The summed E-state index contributed by atoms with van der Waals surface area (Å²) in [6.45, 7) is 8.98. The van der Waals surface area contributed by atoms with E-state index in [4.69, 9.17) is 4.99 Å². The summed E-state index contributed by atoms with van der Waals surface area (Å²) >= 11 is 0. The fraction of sp³-hybridized carbons (Fsp3) is 0.353. The molecule has 0 amide bonds. The molecule has 2 aromatic carbocycles. The Balaban J connectivity index is 2.12. The van der Waals surface area contributed by atoms with Gasteiger partial charge in [0.25, 0.3) is 0 Å². The molecule has 0 saturated carbocycles. The van der Waals surface area contributed by atoms with Crippen LogP contribution in [0.4, 0.5) is 0 Å². The molecule has 1 aliphatic heterocycles. The second kappa shape index (κ2) is 3.44. The summed E-state index contributed by atoms with van der Waals surface area (Å²) in [6, 6.07) is 15.1. The van der Waals surface area contributed by atoms with Crippen LogP contribution < -0.4 is 0 Å². The number of nitrogens with zero attached hydrogens (tertiary/aromatic N) is 1. The largest absolute Gasteiger partial charge is 0.281 e. The third-order valence-electron chi connectivity index (χ3n) is 4.54. The molecule has 92 valence electrons. The zero-order valence-corrected chi connectivity index (χ0v) is 11.5. The number of aliphatic imine (C=N–C) groups is 1. The van der Waals surface area contributed by atoms with Gasteiger partial charge in [0.1, 0.15) is 0 Å². The van der Waals surface area contributed by atoms with Crippen LogP contribution in [0.2, 0.25) is 0 Å². The van der Waals surface area contributed by atoms with Crippen LogP contribution in [0.25, 0.3) is 10.8 Å². The molecule has 0 spiro atoms. The van der Waals surface area contributed by atoms with Gasteiger partial charge in [-0.2, -0.15) is 0 Å². The molecule has 0 atom stereocenters. The predicted octanol–water partition coefficient (Wildman–Crippen LogP) is 4.45. The lowest BCUT2D eigenvalue weighted by atomic mass is 9.64. The highest BCUT2D eigenvalue weighted by atomic mass is 15.0. The maximum atomic E-state index is 4.80. The van der Waals surface area contributed by atoms with E-state index in [0.717, 1.165) is 0 Å². The van der Waals surface area contributed by atoms with Gasteiger partial charge in [0, 0.05) is 5.41 Å². The summed E-state index contributed by atoms with van der Waals surface area (Å²) in [6.07, 6.45) is 0. The average molecular weight is 237 g/mol. The molecule has 18 heavy (non-hydrogen) atoms. The quantitative estimate of drug-likeness (QED) is 0.695. The van der Waals surface area contributed by atoms with Crippen LogP contribution in [-0.2, 0) is 0 Å². The van der Waals surface area contributed by atoms with Crippen LogP contribution in [0.5, 0.6) is 0 Å². The third-order valence-corrected chi connectivity index (χ3v) is 4.54. The molecule has 1 nitrogen and oxygen atoms in total. The average Bonchev–Trinajstić information content (AvgIpc) is 2.35. The second-order valence-electron chi connectivity index (χ2n) is 6.21. The Labute approximate surface area is 109 Å². The molecule has 0 N–H and O–H groups in total. The first-order chi connectivity index (χ1) is 8.42. The fourth-order valence-corrected chi connectivity index (χ4v) is 2.56. The van der Waals surface area contributed by atoms with Gasteiger partial charge in [-0.05, 0) is 36.2 Å². The maximum absolute atomic E-state index is 4.80. The molecular weight excluding hydrogens is 218 g/mol. The van der Waals surface area contributed by atoms with Gasteiger partial charge in [0.15, 0.2) is 0 Å². The first-order valence-electron chi connectivity index (χ1n) is 6.51. The molecular formula is C17H19N. The van der Waals surface area contributed by atoms with Crippen molar-refractivity contribution in [3.8, 4) is 0 Å². The van der Waals surface area contributed by atoms with E-state index in [0.29, 0.717) is 0 Å². The summed E-state index contributed by atoms with van der Waals surface area (Å²) < 4.78 is 0. The first kappa shape index (κ1) is 11.5. The normalized spacial score (nSPS) is 20.3. The van der Waals surface area contributed by atoms with Crippen LogP contribution in [0.1, 0.15) is 33.3 Å². The Morgan fingerprint density at radius 3 is 2.11 bits per heavy atom. The highest BCUT2D eigenvalue weighted by Crippen LogP contribution is 2.46. The lowest BCUT2D eigenvalue weighted by Crippen LogP contribution is -2.53. The Morgan fingerprint density at radius 2 is 1.50 bits per heavy atom. The van der Waals surface area contributed by atoms with E-state index in [1.165, 1.54) is 22.0 Å². The zero-order valence-electron chi connectivity index (χ0n) is 11.5. The van der Waals surface area contributed by atoms with Crippen LogP contribution >= 0.6 is 0 Å². The second-order valence-corrected chi connectivity index (χ2v) is 6.21. The SMILES string of the molecule is CC1(C)N=C(c2ccc3ccccc3c2)C1(C)C. The van der Waals surface area contributed by atoms with Crippen molar-refractivity contribution in [3.63, 3.8) is 0 Å². The first-order valence-corrected chi connectivity index (χ1v) is 6.51. The molecule has 1 aliphatic rings. The van der Waals surface area contributed by atoms with Gasteiger partial charge in [0.05, 0.1) is 11.3 Å². The van der Waals surface area contributed by atoms with E-state index in [1.54, 1.807) is 0 Å². The van der Waals surface area contributed by atoms with Gasteiger partial charge < -0.3 is 0 Å². The fourth-order valence-electron chi connectivity index (χ4n) is 2.56. The van der Waals surface area contributed by atoms with Crippen molar-refractivity contribution in [2.24, 2.45) is 10.4 Å². The molecule has 0 aliphatic carbocycles. The Bertz CT molecular complexity index is 647. The highest BCUT2D eigenvalue weighted by molar-refractivity contribution is 6.10. The van der Waals surface area contributed by atoms with Crippen LogP contribution in [0, 0.1) is 5.41 Å². The van der Waals surface area contributed by atoms with Gasteiger partial charge in [-0.15, -0.1) is 0 Å². The minimum atomic E-state index is 0.0496. The Morgan fingerprint density at radius 1 is 0.833 bits per heavy atom. The molecule has 0 radical (unpaired) electrons. The summed E-state index contributed by atoms with van der Waals surface area (Å²) in [5.74, 6) is 0. The van der Waals surface area contributed by atoms with Gasteiger partial charge in [0.2, 0.25) is 0 Å². The summed E-state index contributed by atoms with van der Waals surface area (Å²) in [4.78, 5) is 4.80. The van der Waals surface area contributed by atoms with Crippen LogP contribution in [0.15, 0.2) is 47.5 Å². The van der Waals surface area contributed by atoms with Gasteiger partial charge in [-0.3, -0.25) is 4.99 Å². The Hall–Kier alpha value is -1.63. The van der Waals surface area contributed by atoms with Crippen molar-refractivity contribution in [1.82, 2.24) is 0 Å². The molecule has 1 heteroatoms. The standard InChI is InChI=1S/C17H19N/c1-16(2)15(18-17(16,3)4)14-10-9-12-7-5-6-8-13(12)11-14/h5-11H,1-4H3. The van der Waals surface area contributed by atoms with Gasteiger partial charge >= 0.3 is 0 Å². The highest BCUT2D eigenvalue weighted by Gasteiger charge is 2.49. The molecule has 2 aromatic rings. The van der Waals surface area contributed by atoms with Crippen molar-refractivity contribution in [2.45, 2.75) is 33.2 Å². The van der Waals surface area contributed by atoms with E-state index >= 15 is 0 Å². The van der Waals surface area contributed by atoms with E-state index < -0.39 is 0 Å². The monoisotopic (exact) mass is 237 g/mol.